The molecule has 0 aliphatic heterocycles. The first-order chi connectivity index (χ1) is 8.77. The van der Waals surface area contributed by atoms with Crippen LogP contribution in [-0.4, -0.2) is 0 Å². The molecule has 100 valence electrons. The van der Waals surface area contributed by atoms with E-state index in [0.717, 1.165) is 0 Å². The molecule has 0 fully saturated rings. The summed E-state index contributed by atoms with van der Waals surface area (Å²) >= 11 is 0. The van der Waals surface area contributed by atoms with Gasteiger partial charge in [0.1, 0.15) is 0 Å². The molecule has 1 aromatic rings. The molecule has 0 heteroatoms. The molecular weight excluding hydrogens is 216 g/mol. The zero-order valence-electron chi connectivity index (χ0n) is 12.8. The summed E-state index contributed by atoms with van der Waals surface area (Å²) in [5.74, 6) is 0. The molecule has 0 saturated heterocycles. The minimum Gasteiger partial charge on any atom is -0.0991 e. The van der Waals surface area contributed by atoms with Crippen molar-refractivity contribution in [3.05, 3.63) is 66.3 Å². The molecular formula is C18H28. The van der Waals surface area contributed by atoms with Gasteiger partial charge in [-0.05, 0) is 25.0 Å². The summed E-state index contributed by atoms with van der Waals surface area (Å²) in [7, 11) is 0. The lowest BCUT2D eigenvalue weighted by Crippen LogP contribution is -1.81. The fourth-order valence-electron chi connectivity index (χ4n) is 1.36. The lowest BCUT2D eigenvalue weighted by Gasteiger charge is -2.02. The third-order valence-corrected chi connectivity index (χ3v) is 2.07. The molecule has 1 rings (SSSR count). The molecule has 0 aromatic heterocycles. The van der Waals surface area contributed by atoms with Gasteiger partial charge in [-0.1, -0.05) is 88.4 Å². The molecule has 0 unspecified atom stereocenters. The van der Waals surface area contributed by atoms with Gasteiger partial charge in [0.2, 0.25) is 0 Å². The first kappa shape index (κ1) is 18.8. The number of aryl methyl sites for hydroxylation is 1. The quantitative estimate of drug-likeness (QED) is 0.556. The van der Waals surface area contributed by atoms with E-state index in [4.69, 9.17) is 0 Å². The second kappa shape index (κ2) is 13.5. The monoisotopic (exact) mass is 244 g/mol. The van der Waals surface area contributed by atoms with Crippen molar-refractivity contribution in [2.75, 3.05) is 0 Å². The van der Waals surface area contributed by atoms with E-state index >= 15 is 0 Å². The summed E-state index contributed by atoms with van der Waals surface area (Å²) in [6.45, 7) is 15.8. The highest BCUT2D eigenvalue weighted by atomic mass is 14.0. The molecule has 18 heavy (non-hydrogen) atoms. The van der Waals surface area contributed by atoms with Crippen LogP contribution in [0.3, 0.4) is 0 Å². The van der Waals surface area contributed by atoms with Crippen LogP contribution in [0.2, 0.25) is 0 Å². The second-order valence-corrected chi connectivity index (χ2v) is 3.21. The second-order valence-electron chi connectivity index (χ2n) is 3.21. The Kier molecular flexibility index (Phi) is 14.1. The van der Waals surface area contributed by atoms with Gasteiger partial charge in [-0.2, -0.15) is 0 Å². The largest absolute Gasteiger partial charge is 0.0991 e. The van der Waals surface area contributed by atoms with Crippen molar-refractivity contribution in [3.8, 4) is 0 Å². The normalized spacial score (nSPS) is 10.0. The van der Waals surface area contributed by atoms with Crippen LogP contribution in [0.4, 0.5) is 0 Å². The number of benzene rings is 1. The summed E-state index contributed by atoms with van der Waals surface area (Å²) in [4.78, 5) is 0. The first-order valence-corrected chi connectivity index (χ1v) is 6.80. The maximum Gasteiger partial charge on any atom is -0.0185 e. The molecule has 0 nitrogen and oxygen atoms in total. The van der Waals surface area contributed by atoms with E-state index in [-0.39, 0.29) is 0 Å². The molecule has 0 N–H and O–H groups in total. The van der Waals surface area contributed by atoms with Crippen molar-refractivity contribution in [1.82, 2.24) is 0 Å². The Morgan fingerprint density at radius 2 is 1.72 bits per heavy atom. The van der Waals surface area contributed by atoms with Crippen molar-refractivity contribution >= 4 is 5.57 Å². The Morgan fingerprint density at radius 3 is 2.17 bits per heavy atom. The number of rotatable bonds is 3. The van der Waals surface area contributed by atoms with Crippen molar-refractivity contribution < 1.29 is 0 Å². The maximum atomic E-state index is 3.66. The zero-order chi connectivity index (χ0) is 14.4. The van der Waals surface area contributed by atoms with E-state index in [1.807, 2.05) is 40.7 Å². The first-order valence-electron chi connectivity index (χ1n) is 6.80. The van der Waals surface area contributed by atoms with Crippen LogP contribution in [-0.2, 0) is 0 Å². The van der Waals surface area contributed by atoms with Crippen LogP contribution >= 0.6 is 0 Å². The predicted octanol–water partition coefficient (Wildman–Crippen LogP) is 6.19. The van der Waals surface area contributed by atoms with E-state index in [2.05, 4.69) is 49.9 Å². The zero-order valence-corrected chi connectivity index (χ0v) is 12.8. The van der Waals surface area contributed by atoms with Gasteiger partial charge in [-0.25, -0.2) is 0 Å². The van der Waals surface area contributed by atoms with Gasteiger partial charge in [-0.3, -0.25) is 0 Å². The summed E-state index contributed by atoms with van der Waals surface area (Å²) < 4.78 is 0. The Hall–Kier alpha value is -1.56. The maximum absolute atomic E-state index is 3.66. The van der Waals surface area contributed by atoms with Crippen LogP contribution in [0.1, 0.15) is 45.7 Å². The minimum atomic E-state index is 1.23. The highest BCUT2D eigenvalue weighted by Crippen LogP contribution is 2.16. The van der Waals surface area contributed by atoms with Gasteiger partial charge in [0.15, 0.2) is 0 Å². The van der Waals surface area contributed by atoms with E-state index in [9.17, 15) is 0 Å². The van der Waals surface area contributed by atoms with E-state index in [0.29, 0.717) is 0 Å². The predicted molar refractivity (Wildman–Crippen MR) is 86.9 cm³/mol. The highest BCUT2D eigenvalue weighted by molar-refractivity contribution is 5.74. The highest BCUT2D eigenvalue weighted by Gasteiger charge is 1.95. The van der Waals surface area contributed by atoms with Crippen LogP contribution < -0.4 is 0 Å². The Balaban J connectivity index is 0. The average molecular weight is 244 g/mol. The molecule has 0 atom stereocenters. The Bertz CT molecular complexity index is 367. The lowest BCUT2D eigenvalue weighted by atomic mass is 10.0. The van der Waals surface area contributed by atoms with Crippen molar-refractivity contribution in [2.45, 2.75) is 41.5 Å². The number of hydrogen-bond donors (Lipinski definition) is 0. The molecule has 1 aromatic carbocycles. The van der Waals surface area contributed by atoms with Crippen LogP contribution in [0.5, 0.6) is 0 Å². The van der Waals surface area contributed by atoms with Crippen LogP contribution in [0.25, 0.3) is 5.57 Å². The standard InChI is InChI=1S/C14H16.2C2H6/c1-4-6-9-13(5-2)14-10-7-8-12(3)11-14;2*1-2/h4-11H,1H2,2-3H3;2*1-2H3/b9-6-,13-5+;;. The van der Waals surface area contributed by atoms with E-state index in [1.165, 1.54) is 16.7 Å². The summed E-state index contributed by atoms with van der Waals surface area (Å²) in [5.41, 5.74) is 3.77. The van der Waals surface area contributed by atoms with Gasteiger partial charge in [0, 0.05) is 0 Å². The third kappa shape index (κ3) is 7.67. The smallest absolute Gasteiger partial charge is 0.0185 e. The molecule has 0 saturated carbocycles. The molecule has 0 amide bonds. The fraction of sp³-hybridized carbons (Fsp3) is 0.333. The van der Waals surface area contributed by atoms with E-state index in [1.54, 1.807) is 6.08 Å². The van der Waals surface area contributed by atoms with Gasteiger partial charge < -0.3 is 0 Å². The average Bonchev–Trinajstić information content (AvgIpc) is 2.44. The Labute approximate surface area is 114 Å². The number of allylic oxidation sites excluding steroid dienone is 5. The topological polar surface area (TPSA) is 0 Å². The molecule has 0 aliphatic rings. The van der Waals surface area contributed by atoms with Crippen molar-refractivity contribution in [1.29, 1.82) is 0 Å². The third-order valence-electron chi connectivity index (χ3n) is 2.07. The lowest BCUT2D eigenvalue weighted by molar-refractivity contribution is 1.45. The molecule has 0 spiro atoms. The molecule has 0 aliphatic carbocycles. The van der Waals surface area contributed by atoms with Crippen molar-refractivity contribution in [2.24, 2.45) is 0 Å². The van der Waals surface area contributed by atoms with E-state index < -0.39 is 0 Å². The minimum absolute atomic E-state index is 1.23. The fourth-order valence-corrected chi connectivity index (χ4v) is 1.36. The molecule has 0 heterocycles. The van der Waals surface area contributed by atoms with Gasteiger partial charge in [0.25, 0.3) is 0 Å². The van der Waals surface area contributed by atoms with Crippen LogP contribution in [0, 0.1) is 6.92 Å². The molecule has 0 radical (unpaired) electrons. The van der Waals surface area contributed by atoms with Gasteiger partial charge in [0.05, 0.1) is 0 Å². The van der Waals surface area contributed by atoms with Crippen LogP contribution in [0.15, 0.2) is 55.1 Å². The summed E-state index contributed by atoms with van der Waals surface area (Å²) in [6.07, 6.45) is 7.92. The van der Waals surface area contributed by atoms with Gasteiger partial charge in [-0.15, -0.1) is 0 Å². The van der Waals surface area contributed by atoms with Crippen molar-refractivity contribution in [3.63, 3.8) is 0 Å². The van der Waals surface area contributed by atoms with Gasteiger partial charge >= 0.3 is 0 Å². The SMILES string of the molecule is C=C/C=C\C(=C/C)c1cccc(C)c1.CC.CC. The Morgan fingerprint density at radius 1 is 1.11 bits per heavy atom. The molecule has 0 bridgehead atoms. The summed E-state index contributed by atoms with van der Waals surface area (Å²) in [5, 5.41) is 0. The number of hydrogen-bond acceptors (Lipinski definition) is 0. The summed E-state index contributed by atoms with van der Waals surface area (Å²) in [6, 6.07) is 8.49.